The summed E-state index contributed by atoms with van der Waals surface area (Å²) in [5, 5.41) is 4.61. The fourth-order valence-corrected chi connectivity index (χ4v) is 1.32. The smallest absolute Gasteiger partial charge is 0.0834 e. The Hall–Kier alpha value is -0.580. The molecule has 3 N–H and O–H groups in total. The van der Waals surface area contributed by atoms with Crippen molar-refractivity contribution in [3.05, 3.63) is 16.9 Å². The van der Waals surface area contributed by atoms with Gasteiger partial charge in [-0.2, -0.15) is 5.10 Å². The lowest BCUT2D eigenvalue weighted by Gasteiger charge is -2.10. The minimum atomic E-state index is 0.0231. The van der Waals surface area contributed by atoms with Gasteiger partial charge in [-0.3, -0.25) is 16.0 Å². The van der Waals surface area contributed by atoms with Gasteiger partial charge in [-0.05, 0) is 6.92 Å². The fourth-order valence-electron chi connectivity index (χ4n) is 0.986. The molecule has 0 fully saturated rings. The third kappa shape index (κ3) is 1.53. The normalized spacial score (nSPS) is 13.5. The molecule has 0 aromatic carbocycles. The van der Waals surface area contributed by atoms with Gasteiger partial charge in [-0.15, -0.1) is 0 Å². The van der Waals surface area contributed by atoms with Crippen molar-refractivity contribution in [2.24, 2.45) is 12.9 Å². The lowest BCUT2D eigenvalue weighted by Crippen LogP contribution is -2.27. The van der Waals surface area contributed by atoms with E-state index < -0.39 is 0 Å². The van der Waals surface area contributed by atoms with Gasteiger partial charge in [0, 0.05) is 7.05 Å². The van der Waals surface area contributed by atoms with Crippen molar-refractivity contribution in [2.45, 2.75) is 13.0 Å². The van der Waals surface area contributed by atoms with Gasteiger partial charge in [0.15, 0.2) is 0 Å². The molecule has 0 saturated carbocycles. The number of nitrogens with one attached hydrogen (secondary N) is 1. The maximum Gasteiger partial charge on any atom is 0.0834 e. The van der Waals surface area contributed by atoms with Crippen LogP contribution in [-0.4, -0.2) is 9.78 Å². The van der Waals surface area contributed by atoms with Gasteiger partial charge < -0.3 is 0 Å². The van der Waals surface area contributed by atoms with Gasteiger partial charge in [-0.25, -0.2) is 0 Å². The van der Waals surface area contributed by atoms with Crippen LogP contribution >= 0.6 is 11.6 Å². The highest BCUT2D eigenvalue weighted by atomic mass is 35.5. The molecule has 0 aliphatic carbocycles. The third-order valence-corrected chi connectivity index (χ3v) is 1.89. The fraction of sp³-hybridized carbons (Fsp3) is 0.500. The van der Waals surface area contributed by atoms with Crippen LogP contribution in [-0.2, 0) is 7.05 Å². The molecule has 0 spiro atoms. The third-order valence-electron chi connectivity index (χ3n) is 1.60. The van der Waals surface area contributed by atoms with Crippen molar-refractivity contribution in [3.8, 4) is 0 Å². The molecule has 0 bridgehead atoms. The zero-order valence-corrected chi connectivity index (χ0v) is 7.26. The Morgan fingerprint density at radius 2 is 2.45 bits per heavy atom. The number of hydrogen-bond acceptors (Lipinski definition) is 3. The van der Waals surface area contributed by atoms with Crippen LogP contribution in [0.25, 0.3) is 0 Å². The summed E-state index contributed by atoms with van der Waals surface area (Å²) in [4.78, 5) is 0. The van der Waals surface area contributed by atoms with Crippen LogP contribution in [0.4, 0.5) is 0 Å². The number of hydrogen-bond donors (Lipinski definition) is 2. The summed E-state index contributed by atoms with van der Waals surface area (Å²) in [7, 11) is 1.83. The molecule has 1 atom stereocenters. The lowest BCUT2D eigenvalue weighted by atomic mass is 10.2. The van der Waals surface area contributed by atoms with Crippen molar-refractivity contribution in [1.82, 2.24) is 15.2 Å². The molecule has 0 radical (unpaired) electrons. The number of halogens is 1. The first-order chi connectivity index (χ1) is 5.16. The summed E-state index contributed by atoms with van der Waals surface area (Å²) in [6.45, 7) is 1.92. The van der Waals surface area contributed by atoms with E-state index in [0.29, 0.717) is 5.02 Å². The molecular formula is C6H11ClN4. The van der Waals surface area contributed by atoms with Crippen molar-refractivity contribution in [3.63, 3.8) is 0 Å². The van der Waals surface area contributed by atoms with Crippen LogP contribution in [0.1, 0.15) is 18.7 Å². The first-order valence-electron chi connectivity index (χ1n) is 3.30. The van der Waals surface area contributed by atoms with Gasteiger partial charge in [-0.1, -0.05) is 11.6 Å². The highest BCUT2D eigenvalue weighted by molar-refractivity contribution is 6.31. The molecule has 0 aliphatic rings. The molecule has 1 aromatic rings. The van der Waals surface area contributed by atoms with E-state index in [2.05, 4.69) is 10.5 Å². The molecule has 0 amide bonds. The van der Waals surface area contributed by atoms with E-state index in [0.717, 1.165) is 5.69 Å². The summed E-state index contributed by atoms with van der Waals surface area (Å²) < 4.78 is 1.70. The molecule has 5 heteroatoms. The van der Waals surface area contributed by atoms with Crippen LogP contribution in [0.15, 0.2) is 6.20 Å². The number of rotatable bonds is 2. The van der Waals surface area contributed by atoms with E-state index in [1.165, 1.54) is 0 Å². The molecule has 0 saturated heterocycles. The number of aryl methyl sites for hydroxylation is 1. The second-order valence-electron chi connectivity index (χ2n) is 2.39. The summed E-state index contributed by atoms with van der Waals surface area (Å²) in [6.07, 6.45) is 1.60. The van der Waals surface area contributed by atoms with Crippen LogP contribution in [0.2, 0.25) is 5.02 Å². The molecule has 11 heavy (non-hydrogen) atoms. The molecule has 1 rings (SSSR count). The quantitative estimate of drug-likeness (QED) is 0.510. The Bertz CT molecular complexity index is 225. The standard InChI is InChI=1S/C6H11ClN4/c1-4(10-8)6-5(7)3-9-11(6)2/h3-4,10H,8H2,1-2H3. The highest BCUT2D eigenvalue weighted by Crippen LogP contribution is 2.20. The molecule has 1 heterocycles. The maximum atomic E-state index is 5.84. The van der Waals surface area contributed by atoms with E-state index in [-0.39, 0.29) is 6.04 Å². The second kappa shape index (κ2) is 3.21. The van der Waals surface area contributed by atoms with Crippen molar-refractivity contribution in [1.29, 1.82) is 0 Å². The topological polar surface area (TPSA) is 55.9 Å². The molecule has 0 aliphatic heterocycles. The first-order valence-corrected chi connectivity index (χ1v) is 3.68. The predicted molar refractivity (Wildman–Crippen MR) is 44.0 cm³/mol. The van der Waals surface area contributed by atoms with E-state index in [1.807, 2.05) is 14.0 Å². The van der Waals surface area contributed by atoms with Crippen molar-refractivity contribution >= 4 is 11.6 Å². The zero-order chi connectivity index (χ0) is 8.43. The van der Waals surface area contributed by atoms with Crippen molar-refractivity contribution in [2.75, 3.05) is 0 Å². The lowest BCUT2D eigenvalue weighted by molar-refractivity contribution is 0.548. The average molecular weight is 175 g/mol. The second-order valence-corrected chi connectivity index (χ2v) is 2.80. The predicted octanol–water partition coefficient (Wildman–Crippen LogP) is 0.598. The zero-order valence-electron chi connectivity index (χ0n) is 6.50. The largest absolute Gasteiger partial charge is 0.271 e. The summed E-state index contributed by atoms with van der Waals surface area (Å²) in [5.41, 5.74) is 3.50. The SMILES string of the molecule is CC(NN)c1c(Cl)cnn1C. The van der Waals surface area contributed by atoms with Crippen LogP contribution in [0, 0.1) is 0 Å². The molecule has 4 nitrogen and oxygen atoms in total. The van der Waals surface area contributed by atoms with E-state index in [1.54, 1.807) is 10.9 Å². The maximum absolute atomic E-state index is 5.84. The Balaban J connectivity index is 3.00. The minimum Gasteiger partial charge on any atom is -0.271 e. The number of hydrazine groups is 1. The number of aromatic nitrogens is 2. The summed E-state index contributed by atoms with van der Waals surface area (Å²) in [5.74, 6) is 5.25. The first kappa shape index (κ1) is 8.52. The Kier molecular flexibility index (Phi) is 2.49. The van der Waals surface area contributed by atoms with Crippen LogP contribution < -0.4 is 11.3 Å². The number of nitrogens with two attached hydrogens (primary N) is 1. The van der Waals surface area contributed by atoms with E-state index >= 15 is 0 Å². The number of nitrogens with zero attached hydrogens (tertiary/aromatic N) is 2. The van der Waals surface area contributed by atoms with Gasteiger partial charge >= 0.3 is 0 Å². The Morgan fingerprint density at radius 3 is 2.82 bits per heavy atom. The molecule has 1 aromatic heterocycles. The van der Waals surface area contributed by atoms with Crippen LogP contribution in [0.3, 0.4) is 0 Å². The van der Waals surface area contributed by atoms with Gasteiger partial charge in [0.1, 0.15) is 0 Å². The van der Waals surface area contributed by atoms with Crippen molar-refractivity contribution < 1.29 is 0 Å². The minimum absolute atomic E-state index is 0.0231. The van der Waals surface area contributed by atoms with Gasteiger partial charge in [0.25, 0.3) is 0 Å². The molecule has 62 valence electrons. The van der Waals surface area contributed by atoms with Gasteiger partial charge in [0.05, 0.1) is 23.0 Å². The molecular weight excluding hydrogens is 164 g/mol. The van der Waals surface area contributed by atoms with Crippen LogP contribution in [0.5, 0.6) is 0 Å². The van der Waals surface area contributed by atoms with E-state index in [4.69, 9.17) is 17.4 Å². The highest BCUT2D eigenvalue weighted by Gasteiger charge is 2.11. The average Bonchev–Trinajstić information content (AvgIpc) is 2.30. The molecule has 1 unspecified atom stereocenters. The summed E-state index contributed by atoms with van der Waals surface area (Å²) >= 11 is 5.84. The Morgan fingerprint density at radius 1 is 1.82 bits per heavy atom. The monoisotopic (exact) mass is 174 g/mol. The van der Waals surface area contributed by atoms with E-state index in [9.17, 15) is 0 Å². The Labute approximate surface area is 70.3 Å². The summed E-state index contributed by atoms with van der Waals surface area (Å²) in [6, 6.07) is 0.0231. The van der Waals surface area contributed by atoms with Gasteiger partial charge in [0.2, 0.25) is 0 Å².